The number of carbonyl (C=O) groups is 2. The minimum absolute atomic E-state index is 0.0634. The lowest BCUT2D eigenvalue weighted by Crippen LogP contribution is -2.58. The van der Waals surface area contributed by atoms with Gasteiger partial charge in [-0.05, 0) is 47.4 Å². The van der Waals surface area contributed by atoms with E-state index in [0.29, 0.717) is 19.5 Å². The zero-order chi connectivity index (χ0) is 22.8. The van der Waals surface area contributed by atoms with E-state index in [9.17, 15) is 9.59 Å². The molecule has 1 aliphatic heterocycles. The quantitative estimate of drug-likeness (QED) is 0.512. The van der Waals surface area contributed by atoms with Gasteiger partial charge in [0.05, 0.1) is 12.7 Å². The zero-order valence-electron chi connectivity index (χ0n) is 18.5. The van der Waals surface area contributed by atoms with Crippen LogP contribution in [0.25, 0.3) is 22.1 Å². The van der Waals surface area contributed by atoms with Crippen molar-refractivity contribution >= 4 is 22.8 Å². The van der Waals surface area contributed by atoms with Crippen LogP contribution < -0.4 is 5.32 Å². The lowest BCUT2D eigenvalue weighted by Gasteiger charge is -2.35. The molecule has 0 bridgehead atoms. The minimum atomic E-state index is -0.529. The van der Waals surface area contributed by atoms with E-state index in [4.69, 9.17) is 4.42 Å². The first-order valence-electron chi connectivity index (χ1n) is 11.1. The number of fused-ring (bicyclic) bond motifs is 1. The molecule has 2 amide bonds. The highest BCUT2D eigenvalue weighted by Gasteiger charge is 2.33. The van der Waals surface area contributed by atoms with Crippen LogP contribution in [0.2, 0.25) is 0 Å². The molecular weight excluding hydrogens is 414 g/mol. The standard InChI is InChI=1S/C27H25N3O3/c1-18-2-7-23-22(17-33-25(23)14-18)16-26(31)30-13-12-29-27(32)24(30)15-19-3-5-20(6-4-19)21-8-10-28-11-9-21/h2-11,14,17,24H,12-13,15-16H2,1H3,(H,29,32). The molecule has 1 saturated heterocycles. The van der Waals surface area contributed by atoms with E-state index in [1.807, 2.05) is 61.5 Å². The van der Waals surface area contributed by atoms with Crippen LogP contribution in [0.4, 0.5) is 0 Å². The van der Waals surface area contributed by atoms with Crippen molar-refractivity contribution < 1.29 is 14.0 Å². The first-order chi connectivity index (χ1) is 16.1. The molecule has 0 saturated carbocycles. The molecule has 33 heavy (non-hydrogen) atoms. The summed E-state index contributed by atoms with van der Waals surface area (Å²) in [5.74, 6) is -0.174. The van der Waals surface area contributed by atoms with Crippen molar-refractivity contribution in [2.45, 2.75) is 25.8 Å². The molecule has 1 fully saturated rings. The molecule has 6 heteroatoms. The van der Waals surface area contributed by atoms with Crippen LogP contribution in [0.15, 0.2) is 77.7 Å². The fraction of sp³-hybridized carbons (Fsp3) is 0.222. The van der Waals surface area contributed by atoms with Crippen molar-refractivity contribution in [3.8, 4) is 11.1 Å². The highest BCUT2D eigenvalue weighted by atomic mass is 16.3. The Morgan fingerprint density at radius 2 is 1.85 bits per heavy atom. The van der Waals surface area contributed by atoms with Crippen molar-refractivity contribution in [3.05, 3.63) is 89.9 Å². The second-order valence-electron chi connectivity index (χ2n) is 8.47. The average Bonchev–Trinajstić information content (AvgIpc) is 3.23. The number of rotatable bonds is 5. The summed E-state index contributed by atoms with van der Waals surface area (Å²) in [6.45, 7) is 2.97. The number of aryl methyl sites for hydroxylation is 1. The Kier molecular flexibility index (Phi) is 5.65. The summed E-state index contributed by atoms with van der Waals surface area (Å²) in [4.78, 5) is 31.8. The van der Waals surface area contributed by atoms with E-state index >= 15 is 0 Å². The van der Waals surface area contributed by atoms with Crippen molar-refractivity contribution in [2.75, 3.05) is 13.1 Å². The average molecular weight is 440 g/mol. The van der Waals surface area contributed by atoms with Crippen LogP contribution >= 0.6 is 0 Å². The summed E-state index contributed by atoms with van der Waals surface area (Å²) < 4.78 is 5.66. The second-order valence-corrected chi connectivity index (χ2v) is 8.47. The van der Waals surface area contributed by atoms with Crippen LogP contribution in [0.3, 0.4) is 0 Å². The molecule has 2 aromatic heterocycles. The summed E-state index contributed by atoms with van der Waals surface area (Å²) in [5, 5.41) is 3.85. The first kappa shape index (κ1) is 20.9. The fourth-order valence-corrected chi connectivity index (χ4v) is 4.41. The molecule has 2 aromatic carbocycles. The van der Waals surface area contributed by atoms with Crippen LogP contribution in [0, 0.1) is 6.92 Å². The maximum Gasteiger partial charge on any atom is 0.243 e. The lowest BCUT2D eigenvalue weighted by molar-refractivity contribution is -0.142. The third kappa shape index (κ3) is 4.37. The van der Waals surface area contributed by atoms with Gasteiger partial charge in [-0.2, -0.15) is 0 Å². The van der Waals surface area contributed by atoms with Crippen LogP contribution in [0.5, 0.6) is 0 Å². The summed E-state index contributed by atoms with van der Waals surface area (Å²) in [6.07, 6.45) is 5.87. The van der Waals surface area contributed by atoms with Gasteiger partial charge in [0.25, 0.3) is 0 Å². The van der Waals surface area contributed by atoms with Gasteiger partial charge in [0.2, 0.25) is 11.8 Å². The van der Waals surface area contributed by atoms with Crippen LogP contribution in [0.1, 0.15) is 16.7 Å². The number of nitrogens with zero attached hydrogens (tertiary/aromatic N) is 2. The normalized spacial score (nSPS) is 16.1. The van der Waals surface area contributed by atoms with Crippen molar-refractivity contribution in [1.29, 1.82) is 0 Å². The summed E-state index contributed by atoms with van der Waals surface area (Å²) >= 11 is 0. The third-order valence-electron chi connectivity index (χ3n) is 6.20. The lowest BCUT2D eigenvalue weighted by atomic mass is 9.98. The molecule has 0 aliphatic carbocycles. The van der Waals surface area contributed by atoms with Gasteiger partial charge in [0.15, 0.2) is 0 Å². The zero-order valence-corrected chi connectivity index (χ0v) is 18.5. The molecule has 4 aromatic rings. The molecule has 5 rings (SSSR count). The molecule has 1 N–H and O–H groups in total. The van der Waals surface area contributed by atoms with Crippen LogP contribution in [-0.4, -0.2) is 40.8 Å². The Bertz CT molecular complexity index is 1300. The van der Waals surface area contributed by atoms with E-state index in [2.05, 4.69) is 10.3 Å². The number of aromatic nitrogens is 1. The van der Waals surface area contributed by atoms with E-state index < -0.39 is 6.04 Å². The van der Waals surface area contributed by atoms with Gasteiger partial charge in [-0.25, -0.2) is 0 Å². The predicted octanol–water partition coefficient (Wildman–Crippen LogP) is 3.92. The third-order valence-corrected chi connectivity index (χ3v) is 6.20. The van der Waals surface area contributed by atoms with E-state index in [0.717, 1.165) is 38.8 Å². The monoisotopic (exact) mass is 439 g/mol. The smallest absolute Gasteiger partial charge is 0.243 e. The number of hydrogen-bond acceptors (Lipinski definition) is 4. The van der Waals surface area contributed by atoms with Crippen molar-refractivity contribution in [3.63, 3.8) is 0 Å². The molecule has 0 spiro atoms. The van der Waals surface area contributed by atoms with Gasteiger partial charge < -0.3 is 14.6 Å². The number of amides is 2. The first-order valence-corrected chi connectivity index (χ1v) is 11.1. The van der Waals surface area contributed by atoms with Crippen molar-refractivity contribution in [2.24, 2.45) is 0 Å². The summed E-state index contributed by atoms with van der Waals surface area (Å²) in [5.41, 5.74) is 5.92. The highest BCUT2D eigenvalue weighted by Crippen LogP contribution is 2.25. The Balaban J connectivity index is 1.33. The molecule has 3 heterocycles. The Morgan fingerprint density at radius 1 is 1.09 bits per heavy atom. The van der Waals surface area contributed by atoms with Gasteiger partial charge in [-0.15, -0.1) is 0 Å². The topological polar surface area (TPSA) is 75.4 Å². The largest absolute Gasteiger partial charge is 0.464 e. The maximum atomic E-state index is 13.3. The van der Waals surface area contributed by atoms with Gasteiger partial charge >= 0.3 is 0 Å². The summed E-state index contributed by atoms with van der Waals surface area (Å²) in [6, 6.07) is 17.5. The molecular formula is C27H25N3O3. The molecule has 0 radical (unpaired) electrons. The number of carbonyl (C=O) groups excluding carboxylic acids is 2. The number of hydrogen-bond donors (Lipinski definition) is 1. The summed E-state index contributed by atoms with van der Waals surface area (Å²) in [7, 11) is 0. The van der Waals surface area contributed by atoms with Crippen molar-refractivity contribution in [1.82, 2.24) is 15.2 Å². The predicted molar refractivity (Wildman–Crippen MR) is 127 cm³/mol. The Hall–Kier alpha value is -3.93. The van der Waals surface area contributed by atoms with Gasteiger partial charge in [0, 0.05) is 42.9 Å². The molecule has 166 valence electrons. The molecule has 6 nitrogen and oxygen atoms in total. The second kappa shape index (κ2) is 8.90. The Morgan fingerprint density at radius 3 is 2.64 bits per heavy atom. The maximum absolute atomic E-state index is 13.3. The SMILES string of the molecule is Cc1ccc2c(CC(=O)N3CCNC(=O)C3Cc3ccc(-c4ccncc4)cc3)coc2c1. The van der Waals surface area contributed by atoms with Crippen LogP contribution in [-0.2, 0) is 22.4 Å². The number of furan rings is 1. The highest BCUT2D eigenvalue weighted by molar-refractivity contribution is 5.92. The van der Waals surface area contributed by atoms with E-state index in [1.165, 1.54) is 0 Å². The Labute approximate surface area is 192 Å². The molecule has 1 unspecified atom stereocenters. The number of nitrogens with one attached hydrogen (secondary N) is 1. The number of benzene rings is 2. The van der Waals surface area contributed by atoms with Gasteiger partial charge in [-0.3, -0.25) is 14.6 Å². The molecule has 1 atom stereocenters. The number of pyridine rings is 1. The van der Waals surface area contributed by atoms with Gasteiger partial charge in [0.1, 0.15) is 11.6 Å². The molecule has 1 aliphatic rings. The van der Waals surface area contributed by atoms with E-state index in [1.54, 1.807) is 23.6 Å². The fourth-order valence-electron chi connectivity index (χ4n) is 4.41. The van der Waals surface area contributed by atoms with E-state index in [-0.39, 0.29) is 18.2 Å². The number of piperazine rings is 1. The minimum Gasteiger partial charge on any atom is -0.464 e. The van der Waals surface area contributed by atoms with Gasteiger partial charge in [-0.1, -0.05) is 36.4 Å².